The van der Waals surface area contributed by atoms with Crippen molar-refractivity contribution in [3.8, 4) is 0 Å². The van der Waals surface area contributed by atoms with Gasteiger partial charge in [-0.1, -0.05) is 0 Å². The number of carbonyl (C=O) groups is 4. The monoisotopic (exact) mass is 343 g/mol. The molecule has 1 spiro atoms. The van der Waals surface area contributed by atoms with E-state index in [4.69, 9.17) is 10.8 Å². The first-order valence-electron chi connectivity index (χ1n) is 7.70. The molecule has 2 rings (SSSR count). The minimum atomic E-state index is -1.46. The van der Waals surface area contributed by atoms with E-state index in [9.17, 15) is 29.4 Å². The molecule has 24 heavy (non-hydrogen) atoms. The van der Waals surface area contributed by atoms with Gasteiger partial charge in [-0.05, 0) is 19.3 Å². The molecule has 0 aromatic carbocycles. The predicted molar refractivity (Wildman–Crippen MR) is 78.5 cm³/mol. The largest absolute Gasteiger partial charge is 0.481 e. The van der Waals surface area contributed by atoms with Crippen molar-refractivity contribution in [2.75, 3.05) is 13.1 Å². The smallest absolute Gasteiger partial charge is 0.326 e. The van der Waals surface area contributed by atoms with Crippen molar-refractivity contribution >= 4 is 23.8 Å². The Kier molecular flexibility index (Phi) is 5.09. The molecular weight excluding hydrogens is 322 g/mol. The first-order valence-corrected chi connectivity index (χ1v) is 7.70. The van der Waals surface area contributed by atoms with E-state index < -0.39 is 48.0 Å². The molecule has 0 unspecified atom stereocenters. The second-order valence-electron chi connectivity index (χ2n) is 6.07. The molecule has 134 valence electrons. The Morgan fingerprint density at radius 1 is 1.33 bits per heavy atom. The Hall–Kier alpha value is -2.20. The van der Waals surface area contributed by atoms with E-state index in [1.165, 1.54) is 4.90 Å². The Bertz CT molecular complexity index is 567. The summed E-state index contributed by atoms with van der Waals surface area (Å²) in [5.74, 6) is -3.69. The highest BCUT2D eigenvalue weighted by Gasteiger charge is 2.60. The maximum Gasteiger partial charge on any atom is 0.326 e. The number of rotatable bonds is 6. The fourth-order valence-corrected chi connectivity index (χ4v) is 3.64. The zero-order chi connectivity index (χ0) is 18.1. The first-order chi connectivity index (χ1) is 11.2. The summed E-state index contributed by atoms with van der Waals surface area (Å²) in [5, 5.41) is 28.3. The average molecular weight is 343 g/mol. The molecule has 0 aromatic heterocycles. The van der Waals surface area contributed by atoms with Crippen LogP contribution < -0.4 is 5.73 Å². The van der Waals surface area contributed by atoms with Gasteiger partial charge in [0, 0.05) is 19.4 Å². The number of likely N-dealkylation sites (tertiary alicyclic amines) is 2. The lowest BCUT2D eigenvalue weighted by molar-refractivity contribution is -0.158. The summed E-state index contributed by atoms with van der Waals surface area (Å²) in [6, 6.07) is -1.46. The molecule has 0 aromatic rings. The van der Waals surface area contributed by atoms with E-state index >= 15 is 0 Å². The zero-order valence-electron chi connectivity index (χ0n) is 13.1. The molecule has 0 radical (unpaired) electrons. The molecule has 2 heterocycles. The molecule has 10 nitrogen and oxygen atoms in total. The van der Waals surface area contributed by atoms with Crippen LogP contribution in [0.15, 0.2) is 0 Å². The number of hydrogen-bond donors (Lipinski definition) is 4. The van der Waals surface area contributed by atoms with Crippen molar-refractivity contribution in [3.63, 3.8) is 0 Å². The third-order valence-electron chi connectivity index (χ3n) is 4.69. The van der Waals surface area contributed by atoms with Crippen molar-refractivity contribution in [1.82, 2.24) is 9.80 Å². The van der Waals surface area contributed by atoms with Gasteiger partial charge in [-0.3, -0.25) is 14.4 Å². The number of carboxylic acids is 2. The van der Waals surface area contributed by atoms with Crippen LogP contribution in [0.4, 0.5) is 0 Å². The second-order valence-corrected chi connectivity index (χ2v) is 6.07. The fourth-order valence-electron chi connectivity index (χ4n) is 3.64. The standard InChI is InChI=1S/C14H21N3O7/c15-7-10(19)16-5-1-4-14(16)6-9(18)17(13(14)24)8(12(22)23)2-3-11(20)21/h8-9,18H,1-7,15H2,(H,20,21)(H,22,23)/t8-,9-,14+/m0/s1. The fraction of sp³-hybridized carbons (Fsp3) is 0.714. The third-order valence-corrected chi connectivity index (χ3v) is 4.69. The van der Waals surface area contributed by atoms with Crippen LogP contribution in [0, 0.1) is 0 Å². The Morgan fingerprint density at radius 2 is 2.00 bits per heavy atom. The van der Waals surface area contributed by atoms with Crippen molar-refractivity contribution in [2.24, 2.45) is 5.73 Å². The van der Waals surface area contributed by atoms with Crippen molar-refractivity contribution < 1.29 is 34.5 Å². The summed E-state index contributed by atoms with van der Waals surface area (Å²) in [6.45, 7) is 0.0295. The number of nitrogens with zero attached hydrogens (tertiary/aromatic N) is 2. The molecule has 2 fully saturated rings. The number of amides is 2. The number of hydrogen-bond acceptors (Lipinski definition) is 6. The molecular formula is C14H21N3O7. The van der Waals surface area contributed by atoms with Crippen molar-refractivity contribution in [2.45, 2.75) is 49.9 Å². The topological polar surface area (TPSA) is 161 Å². The van der Waals surface area contributed by atoms with Gasteiger partial charge in [0.15, 0.2) is 0 Å². The highest BCUT2D eigenvalue weighted by Crippen LogP contribution is 2.42. The van der Waals surface area contributed by atoms with E-state index in [1.54, 1.807) is 0 Å². The molecule has 5 N–H and O–H groups in total. The normalized spacial score (nSPS) is 27.8. The molecule has 2 aliphatic heterocycles. The third kappa shape index (κ3) is 2.94. The van der Waals surface area contributed by atoms with E-state index in [0.29, 0.717) is 19.4 Å². The summed E-state index contributed by atoms with van der Waals surface area (Å²) < 4.78 is 0. The van der Waals surface area contributed by atoms with Gasteiger partial charge in [0.2, 0.25) is 5.91 Å². The molecule has 2 saturated heterocycles. The quantitative estimate of drug-likeness (QED) is 0.438. The Labute approximate surface area is 137 Å². The number of aliphatic carboxylic acids is 2. The van der Waals surface area contributed by atoms with Crippen LogP contribution in [0.25, 0.3) is 0 Å². The Balaban J connectivity index is 2.29. The molecule has 10 heteroatoms. The first kappa shape index (κ1) is 18.1. The summed E-state index contributed by atoms with van der Waals surface area (Å²) in [5.41, 5.74) is 4.08. The maximum atomic E-state index is 12.9. The summed E-state index contributed by atoms with van der Waals surface area (Å²) in [7, 11) is 0. The van der Waals surface area contributed by atoms with E-state index in [0.717, 1.165) is 4.90 Å². The highest BCUT2D eigenvalue weighted by molar-refractivity contribution is 5.96. The summed E-state index contributed by atoms with van der Waals surface area (Å²) >= 11 is 0. The summed E-state index contributed by atoms with van der Waals surface area (Å²) in [6.07, 6.45) is -1.41. The molecule has 0 saturated carbocycles. The zero-order valence-corrected chi connectivity index (χ0v) is 13.1. The molecule has 0 aliphatic carbocycles. The van der Waals surface area contributed by atoms with Crippen LogP contribution in [0.5, 0.6) is 0 Å². The van der Waals surface area contributed by atoms with Gasteiger partial charge in [-0.2, -0.15) is 0 Å². The van der Waals surface area contributed by atoms with Gasteiger partial charge in [0.1, 0.15) is 17.8 Å². The molecule has 2 aliphatic rings. The van der Waals surface area contributed by atoms with Gasteiger partial charge in [-0.25, -0.2) is 4.79 Å². The van der Waals surface area contributed by atoms with Crippen LogP contribution in [-0.2, 0) is 19.2 Å². The number of aliphatic hydroxyl groups excluding tert-OH is 1. The lowest BCUT2D eigenvalue weighted by Crippen LogP contribution is -2.56. The number of carboxylic acid groups (broad SMARTS) is 2. The highest BCUT2D eigenvalue weighted by atomic mass is 16.4. The van der Waals surface area contributed by atoms with Crippen LogP contribution in [0.2, 0.25) is 0 Å². The second kappa shape index (κ2) is 6.73. The van der Waals surface area contributed by atoms with Crippen LogP contribution in [0.1, 0.15) is 32.1 Å². The van der Waals surface area contributed by atoms with Gasteiger partial charge >= 0.3 is 11.9 Å². The van der Waals surface area contributed by atoms with Gasteiger partial charge in [-0.15, -0.1) is 0 Å². The van der Waals surface area contributed by atoms with E-state index in [2.05, 4.69) is 0 Å². The maximum absolute atomic E-state index is 12.9. The SMILES string of the molecule is NCC(=O)N1CCC[C@]12C[C@H](O)N([C@@H](CCC(=O)O)C(=O)O)C2=O. The average Bonchev–Trinajstić information content (AvgIpc) is 3.03. The van der Waals surface area contributed by atoms with Crippen molar-refractivity contribution in [1.29, 1.82) is 0 Å². The lowest BCUT2D eigenvalue weighted by Gasteiger charge is -2.34. The van der Waals surface area contributed by atoms with E-state index in [1.807, 2.05) is 0 Å². The van der Waals surface area contributed by atoms with Gasteiger partial charge in [0.05, 0.1) is 6.54 Å². The summed E-state index contributed by atoms with van der Waals surface area (Å²) in [4.78, 5) is 49.2. The Morgan fingerprint density at radius 3 is 2.54 bits per heavy atom. The van der Waals surface area contributed by atoms with Gasteiger partial charge in [0.25, 0.3) is 5.91 Å². The van der Waals surface area contributed by atoms with Crippen LogP contribution >= 0.6 is 0 Å². The van der Waals surface area contributed by atoms with E-state index in [-0.39, 0.29) is 19.4 Å². The number of nitrogens with two attached hydrogens (primary N) is 1. The van der Waals surface area contributed by atoms with Crippen molar-refractivity contribution in [3.05, 3.63) is 0 Å². The minimum absolute atomic E-state index is 0.103. The number of aliphatic hydroxyl groups is 1. The van der Waals surface area contributed by atoms with Crippen LogP contribution in [-0.4, -0.2) is 79.8 Å². The molecule has 2 amide bonds. The number of carbonyl (C=O) groups excluding carboxylic acids is 2. The van der Waals surface area contributed by atoms with Gasteiger partial charge < -0.3 is 30.9 Å². The predicted octanol–water partition coefficient (Wildman–Crippen LogP) is -1.82. The molecule has 3 atom stereocenters. The lowest BCUT2D eigenvalue weighted by atomic mass is 9.93. The van der Waals surface area contributed by atoms with Crippen LogP contribution in [0.3, 0.4) is 0 Å². The molecule has 0 bridgehead atoms. The minimum Gasteiger partial charge on any atom is -0.481 e.